The molecule has 0 bridgehead atoms. The first-order valence-electron chi connectivity index (χ1n) is 8.25. The fraction of sp³-hybridized carbons (Fsp3) is 0.438. The molecule has 1 aliphatic rings. The molecule has 0 saturated heterocycles. The first-order chi connectivity index (χ1) is 12.4. The number of nitro benzene ring substituents is 1. The van der Waals surface area contributed by atoms with Gasteiger partial charge in [0.15, 0.2) is 5.16 Å². The van der Waals surface area contributed by atoms with Crippen LogP contribution in [0.1, 0.15) is 38.4 Å². The molecule has 138 valence electrons. The van der Waals surface area contributed by atoms with Crippen molar-refractivity contribution in [3.05, 3.63) is 40.0 Å². The second kappa shape index (κ2) is 7.40. The SMILES string of the molecule is CCn1c(S[C@H](C)C(=O)Nc2ccc(F)c([N+](=O)[O-])c2)nnc1C1CC1. The summed E-state index contributed by atoms with van der Waals surface area (Å²) in [6.45, 7) is 4.44. The number of rotatable bonds is 7. The van der Waals surface area contributed by atoms with Gasteiger partial charge in [0, 0.05) is 24.2 Å². The van der Waals surface area contributed by atoms with Crippen LogP contribution in [0, 0.1) is 15.9 Å². The zero-order chi connectivity index (χ0) is 18.8. The summed E-state index contributed by atoms with van der Waals surface area (Å²) in [4.78, 5) is 22.4. The number of nitrogens with one attached hydrogen (secondary N) is 1. The molecule has 3 rings (SSSR count). The third-order valence-corrected chi connectivity index (χ3v) is 5.15. The summed E-state index contributed by atoms with van der Waals surface area (Å²) in [6, 6.07) is 3.25. The second-order valence-electron chi connectivity index (χ2n) is 6.03. The largest absolute Gasteiger partial charge is 0.325 e. The van der Waals surface area contributed by atoms with Crippen molar-refractivity contribution < 1.29 is 14.1 Å². The summed E-state index contributed by atoms with van der Waals surface area (Å²) >= 11 is 1.27. The molecule has 0 spiro atoms. The summed E-state index contributed by atoms with van der Waals surface area (Å²) in [6.07, 6.45) is 2.23. The lowest BCUT2D eigenvalue weighted by atomic mass is 10.2. The Bertz CT molecular complexity index is 852. The van der Waals surface area contributed by atoms with Crippen molar-refractivity contribution in [1.29, 1.82) is 0 Å². The van der Waals surface area contributed by atoms with Crippen molar-refractivity contribution in [2.75, 3.05) is 5.32 Å². The van der Waals surface area contributed by atoms with Crippen LogP contribution in [0.4, 0.5) is 15.8 Å². The number of carbonyl (C=O) groups is 1. The second-order valence-corrected chi connectivity index (χ2v) is 7.34. The molecule has 1 aliphatic carbocycles. The molecule has 1 aromatic heterocycles. The van der Waals surface area contributed by atoms with E-state index < -0.39 is 21.7 Å². The number of anilines is 1. The quantitative estimate of drug-likeness (QED) is 0.450. The van der Waals surface area contributed by atoms with Crippen LogP contribution >= 0.6 is 11.8 Å². The predicted molar refractivity (Wildman–Crippen MR) is 94.7 cm³/mol. The zero-order valence-electron chi connectivity index (χ0n) is 14.3. The Labute approximate surface area is 153 Å². The van der Waals surface area contributed by atoms with Gasteiger partial charge in [-0.1, -0.05) is 11.8 Å². The van der Waals surface area contributed by atoms with Gasteiger partial charge < -0.3 is 9.88 Å². The predicted octanol–water partition coefficient (Wildman–Crippen LogP) is 3.34. The average Bonchev–Trinajstić information content (AvgIpc) is 3.37. The van der Waals surface area contributed by atoms with E-state index in [1.54, 1.807) is 6.92 Å². The number of benzene rings is 1. The Morgan fingerprint density at radius 1 is 1.50 bits per heavy atom. The lowest BCUT2D eigenvalue weighted by molar-refractivity contribution is -0.387. The Hall–Kier alpha value is -2.49. The van der Waals surface area contributed by atoms with E-state index in [2.05, 4.69) is 15.5 Å². The number of hydrogen-bond donors (Lipinski definition) is 1. The van der Waals surface area contributed by atoms with Gasteiger partial charge in [0.1, 0.15) is 5.82 Å². The smallest absolute Gasteiger partial charge is 0.306 e. The first kappa shape index (κ1) is 18.3. The van der Waals surface area contributed by atoms with Crippen LogP contribution in [-0.2, 0) is 11.3 Å². The monoisotopic (exact) mass is 379 g/mol. The molecule has 1 amide bonds. The molecule has 8 nitrogen and oxygen atoms in total. The Balaban J connectivity index is 1.69. The van der Waals surface area contributed by atoms with Gasteiger partial charge in [-0.25, -0.2) is 0 Å². The molecule has 26 heavy (non-hydrogen) atoms. The number of thioether (sulfide) groups is 1. The lowest BCUT2D eigenvalue weighted by Crippen LogP contribution is -2.23. The molecule has 1 saturated carbocycles. The van der Waals surface area contributed by atoms with E-state index in [1.165, 1.54) is 17.8 Å². The minimum Gasteiger partial charge on any atom is -0.325 e. The van der Waals surface area contributed by atoms with Gasteiger partial charge in [0.25, 0.3) is 0 Å². The standard InChI is InChI=1S/C16H18FN5O3S/c1-3-21-14(10-4-5-10)19-20-16(21)26-9(2)15(23)18-11-6-7-12(17)13(8-11)22(24)25/h6-10H,3-5H2,1-2H3,(H,18,23)/t9-/m1/s1. The molecule has 0 aliphatic heterocycles. The number of amides is 1. The van der Waals surface area contributed by atoms with Gasteiger partial charge in [-0.2, -0.15) is 4.39 Å². The first-order valence-corrected chi connectivity index (χ1v) is 9.13. The molecule has 0 radical (unpaired) electrons. The maximum atomic E-state index is 13.4. The summed E-state index contributed by atoms with van der Waals surface area (Å²) in [5.41, 5.74) is -0.505. The fourth-order valence-corrected chi connectivity index (χ4v) is 3.43. The van der Waals surface area contributed by atoms with Crippen molar-refractivity contribution in [1.82, 2.24) is 14.8 Å². The van der Waals surface area contributed by atoms with Gasteiger partial charge in [-0.05, 0) is 38.8 Å². The lowest BCUT2D eigenvalue weighted by Gasteiger charge is -2.12. The normalized spacial score (nSPS) is 14.9. The Kier molecular flexibility index (Phi) is 5.21. The average molecular weight is 379 g/mol. The van der Waals surface area contributed by atoms with Crippen LogP contribution in [0.5, 0.6) is 0 Å². The van der Waals surface area contributed by atoms with E-state index >= 15 is 0 Å². The molecular weight excluding hydrogens is 361 g/mol. The number of halogens is 1. The molecule has 1 heterocycles. The van der Waals surface area contributed by atoms with Gasteiger partial charge in [-0.15, -0.1) is 10.2 Å². The van der Waals surface area contributed by atoms with E-state index in [0.29, 0.717) is 11.1 Å². The van der Waals surface area contributed by atoms with E-state index in [-0.39, 0.29) is 11.6 Å². The van der Waals surface area contributed by atoms with Crippen LogP contribution in [0.3, 0.4) is 0 Å². The fourth-order valence-electron chi connectivity index (χ4n) is 2.51. The molecule has 1 atom stereocenters. The van der Waals surface area contributed by atoms with Crippen LogP contribution < -0.4 is 5.32 Å². The third-order valence-electron chi connectivity index (χ3n) is 4.07. The van der Waals surface area contributed by atoms with E-state index in [1.807, 2.05) is 11.5 Å². The number of aromatic nitrogens is 3. The van der Waals surface area contributed by atoms with Gasteiger partial charge in [-0.3, -0.25) is 14.9 Å². The minimum absolute atomic E-state index is 0.172. The molecule has 1 aromatic carbocycles. The molecule has 1 fully saturated rings. The molecular formula is C16H18FN5O3S. The van der Waals surface area contributed by atoms with Gasteiger partial charge >= 0.3 is 5.69 Å². The highest BCUT2D eigenvalue weighted by Gasteiger charge is 2.30. The van der Waals surface area contributed by atoms with Gasteiger partial charge in [0.05, 0.1) is 10.2 Å². The summed E-state index contributed by atoms with van der Waals surface area (Å²) in [7, 11) is 0. The van der Waals surface area contributed by atoms with Crippen LogP contribution in [0.15, 0.2) is 23.4 Å². The van der Waals surface area contributed by atoms with Crippen LogP contribution in [-0.4, -0.2) is 30.8 Å². The van der Waals surface area contributed by atoms with Gasteiger partial charge in [0.2, 0.25) is 11.7 Å². The highest BCUT2D eigenvalue weighted by Crippen LogP contribution is 2.40. The van der Waals surface area contributed by atoms with Crippen molar-refractivity contribution in [2.24, 2.45) is 0 Å². The van der Waals surface area contributed by atoms with Crippen molar-refractivity contribution in [2.45, 2.75) is 49.6 Å². The Morgan fingerprint density at radius 2 is 2.23 bits per heavy atom. The maximum Gasteiger partial charge on any atom is 0.306 e. The highest BCUT2D eigenvalue weighted by atomic mass is 32.2. The van der Waals surface area contributed by atoms with Crippen LogP contribution in [0.2, 0.25) is 0 Å². The zero-order valence-corrected chi connectivity index (χ0v) is 15.1. The molecule has 2 aromatic rings. The third kappa shape index (κ3) is 3.85. The molecule has 0 unspecified atom stereocenters. The number of nitro groups is 1. The minimum atomic E-state index is -0.945. The number of hydrogen-bond acceptors (Lipinski definition) is 6. The van der Waals surface area contributed by atoms with E-state index in [9.17, 15) is 19.3 Å². The van der Waals surface area contributed by atoms with Crippen LogP contribution in [0.25, 0.3) is 0 Å². The van der Waals surface area contributed by atoms with Crippen molar-refractivity contribution in [3.63, 3.8) is 0 Å². The summed E-state index contributed by atoms with van der Waals surface area (Å²) in [5.74, 6) is 0.117. The highest BCUT2D eigenvalue weighted by molar-refractivity contribution is 8.00. The summed E-state index contributed by atoms with van der Waals surface area (Å²) in [5, 5.41) is 22.0. The maximum absolute atomic E-state index is 13.4. The van der Waals surface area contributed by atoms with E-state index in [0.717, 1.165) is 37.3 Å². The summed E-state index contributed by atoms with van der Waals surface area (Å²) < 4.78 is 15.4. The number of nitrogens with zero attached hydrogens (tertiary/aromatic N) is 4. The van der Waals surface area contributed by atoms with E-state index in [4.69, 9.17) is 0 Å². The number of carbonyl (C=O) groups excluding carboxylic acids is 1. The topological polar surface area (TPSA) is 103 Å². The van der Waals surface area contributed by atoms with Crippen molar-refractivity contribution in [3.8, 4) is 0 Å². The Morgan fingerprint density at radius 3 is 2.85 bits per heavy atom. The molecule has 10 heteroatoms. The molecule has 1 N–H and O–H groups in total. The van der Waals surface area contributed by atoms with Crippen molar-refractivity contribution >= 4 is 29.0 Å².